The van der Waals surface area contributed by atoms with Crippen molar-refractivity contribution in [2.45, 2.75) is 19.9 Å². The van der Waals surface area contributed by atoms with E-state index < -0.39 is 0 Å². The highest BCUT2D eigenvalue weighted by molar-refractivity contribution is 9.10. The molecule has 122 valence electrons. The number of halogens is 2. The molecule has 2 aromatic carbocycles. The minimum Gasteiger partial charge on any atom is -0.324 e. The zero-order chi connectivity index (χ0) is 16.8. The topological polar surface area (TPSA) is 41.1 Å². The molecule has 2 N–H and O–H groups in total. The van der Waals surface area contributed by atoms with E-state index in [1.807, 2.05) is 24.3 Å². The molecule has 0 saturated heterocycles. The van der Waals surface area contributed by atoms with Gasteiger partial charge >= 0.3 is 0 Å². The summed E-state index contributed by atoms with van der Waals surface area (Å²) in [5.41, 5.74) is 1.71. The van der Waals surface area contributed by atoms with Crippen molar-refractivity contribution >= 4 is 27.5 Å². The van der Waals surface area contributed by atoms with Crippen LogP contribution in [0.15, 0.2) is 53.0 Å². The number of anilines is 1. The van der Waals surface area contributed by atoms with Crippen LogP contribution in [-0.2, 0) is 4.79 Å². The number of carbonyl (C=O) groups excluding carboxylic acids is 1. The van der Waals surface area contributed by atoms with E-state index in [2.05, 4.69) is 40.4 Å². The summed E-state index contributed by atoms with van der Waals surface area (Å²) in [4.78, 5) is 12.1. The third-order valence-electron chi connectivity index (χ3n) is 3.53. The van der Waals surface area contributed by atoms with Gasteiger partial charge in [0.25, 0.3) is 0 Å². The van der Waals surface area contributed by atoms with E-state index >= 15 is 0 Å². The molecule has 1 atom stereocenters. The summed E-state index contributed by atoms with van der Waals surface area (Å²) in [5.74, 6) is -0.107. The Balaban J connectivity index is 1.97. The first kappa shape index (κ1) is 17.6. The second kappa shape index (κ2) is 8.22. The Morgan fingerprint density at radius 3 is 2.39 bits per heavy atom. The van der Waals surface area contributed by atoms with Gasteiger partial charge in [-0.25, -0.2) is 4.39 Å². The van der Waals surface area contributed by atoms with Crippen LogP contribution < -0.4 is 10.6 Å². The first-order chi connectivity index (χ1) is 11.0. The highest BCUT2D eigenvalue weighted by atomic mass is 79.9. The Morgan fingerprint density at radius 1 is 1.13 bits per heavy atom. The van der Waals surface area contributed by atoms with Gasteiger partial charge < -0.3 is 10.6 Å². The van der Waals surface area contributed by atoms with Crippen molar-refractivity contribution in [3.05, 3.63) is 64.4 Å². The van der Waals surface area contributed by atoms with Crippen LogP contribution in [0.5, 0.6) is 0 Å². The second-order valence-electron chi connectivity index (χ2n) is 5.68. The van der Waals surface area contributed by atoms with Crippen molar-refractivity contribution in [1.29, 1.82) is 0 Å². The SMILES string of the molecule is CC(C)[C@@H](NCC(=O)Nc1ccccc1Br)c1ccc(F)cc1. The number of nitrogens with one attached hydrogen (secondary N) is 2. The van der Waals surface area contributed by atoms with Crippen LogP contribution in [0, 0.1) is 11.7 Å². The van der Waals surface area contributed by atoms with Crippen molar-refractivity contribution in [3.8, 4) is 0 Å². The smallest absolute Gasteiger partial charge is 0.238 e. The highest BCUT2D eigenvalue weighted by Gasteiger charge is 2.17. The van der Waals surface area contributed by atoms with Gasteiger partial charge in [-0.3, -0.25) is 4.79 Å². The molecule has 5 heteroatoms. The Kier molecular flexibility index (Phi) is 6.30. The molecule has 0 unspecified atom stereocenters. The molecule has 0 fully saturated rings. The van der Waals surface area contributed by atoms with Gasteiger partial charge in [0.15, 0.2) is 0 Å². The molecule has 2 aromatic rings. The molecule has 0 radical (unpaired) electrons. The summed E-state index contributed by atoms with van der Waals surface area (Å²) in [6, 6.07) is 13.8. The quantitative estimate of drug-likeness (QED) is 0.775. The molecule has 0 bridgehead atoms. The summed E-state index contributed by atoms with van der Waals surface area (Å²) in [7, 11) is 0. The molecule has 0 aromatic heterocycles. The van der Waals surface area contributed by atoms with Crippen molar-refractivity contribution in [3.63, 3.8) is 0 Å². The second-order valence-corrected chi connectivity index (χ2v) is 6.54. The number of rotatable bonds is 6. The molecule has 0 aliphatic heterocycles. The predicted octanol–water partition coefficient (Wildman–Crippen LogP) is 4.51. The fourth-order valence-corrected chi connectivity index (χ4v) is 2.75. The number of hydrogen-bond donors (Lipinski definition) is 2. The molecular weight excluding hydrogens is 359 g/mol. The lowest BCUT2D eigenvalue weighted by atomic mass is 9.96. The largest absolute Gasteiger partial charge is 0.324 e. The maximum atomic E-state index is 13.1. The minimum absolute atomic E-state index is 0.0134. The maximum Gasteiger partial charge on any atom is 0.238 e. The fourth-order valence-electron chi connectivity index (χ4n) is 2.37. The van der Waals surface area contributed by atoms with Crippen LogP contribution in [0.3, 0.4) is 0 Å². The van der Waals surface area contributed by atoms with E-state index in [4.69, 9.17) is 0 Å². The molecule has 0 saturated carbocycles. The lowest BCUT2D eigenvalue weighted by molar-refractivity contribution is -0.115. The Hall–Kier alpha value is -1.72. The number of carbonyl (C=O) groups is 1. The minimum atomic E-state index is -0.261. The number of hydrogen-bond acceptors (Lipinski definition) is 2. The molecule has 0 aliphatic rings. The van der Waals surface area contributed by atoms with E-state index in [9.17, 15) is 9.18 Å². The average molecular weight is 379 g/mol. The van der Waals surface area contributed by atoms with Crippen LogP contribution in [0.25, 0.3) is 0 Å². The first-order valence-electron chi connectivity index (χ1n) is 7.50. The standard InChI is InChI=1S/C18H20BrFN2O/c1-12(2)18(13-7-9-14(20)10-8-13)21-11-17(23)22-16-6-4-3-5-15(16)19/h3-10,12,18,21H,11H2,1-2H3,(H,22,23)/t18-/m1/s1. The lowest BCUT2D eigenvalue weighted by Gasteiger charge is -2.23. The van der Waals surface area contributed by atoms with E-state index in [0.29, 0.717) is 0 Å². The zero-order valence-corrected chi connectivity index (χ0v) is 14.7. The van der Waals surface area contributed by atoms with E-state index in [-0.39, 0.29) is 30.2 Å². The summed E-state index contributed by atoms with van der Waals surface area (Å²) in [6.07, 6.45) is 0. The molecule has 2 rings (SSSR count). The molecule has 0 aliphatic carbocycles. The summed E-state index contributed by atoms with van der Waals surface area (Å²) >= 11 is 3.40. The molecule has 23 heavy (non-hydrogen) atoms. The van der Waals surface area contributed by atoms with Crippen molar-refractivity contribution < 1.29 is 9.18 Å². The van der Waals surface area contributed by atoms with Crippen molar-refractivity contribution in [2.24, 2.45) is 5.92 Å². The van der Waals surface area contributed by atoms with Gasteiger partial charge in [-0.05, 0) is 51.7 Å². The fraction of sp³-hybridized carbons (Fsp3) is 0.278. The van der Waals surface area contributed by atoms with Crippen LogP contribution >= 0.6 is 15.9 Å². The van der Waals surface area contributed by atoms with E-state index in [0.717, 1.165) is 15.7 Å². The molecule has 0 spiro atoms. The van der Waals surface area contributed by atoms with Gasteiger partial charge in [-0.1, -0.05) is 38.1 Å². The monoisotopic (exact) mass is 378 g/mol. The molecule has 0 heterocycles. The Bertz CT molecular complexity index is 658. The number of benzene rings is 2. The van der Waals surface area contributed by atoms with Gasteiger partial charge in [0.2, 0.25) is 5.91 Å². The first-order valence-corrected chi connectivity index (χ1v) is 8.30. The summed E-state index contributed by atoms with van der Waals surface area (Å²) < 4.78 is 13.9. The Morgan fingerprint density at radius 2 is 1.78 bits per heavy atom. The molecule has 1 amide bonds. The highest BCUT2D eigenvalue weighted by Crippen LogP contribution is 2.23. The molecular formula is C18H20BrFN2O. The van der Waals surface area contributed by atoms with Gasteiger partial charge in [0, 0.05) is 10.5 Å². The third kappa shape index (κ3) is 5.15. The van der Waals surface area contributed by atoms with Crippen LogP contribution in [0.2, 0.25) is 0 Å². The van der Waals surface area contributed by atoms with Gasteiger partial charge in [-0.2, -0.15) is 0 Å². The van der Waals surface area contributed by atoms with E-state index in [1.165, 1.54) is 12.1 Å². The summed E-state index contributed by atoms with van der Waals surface area (Å²) in [6.45, 7) is 4.31. The maximum absolute atomic E-state index is 13.1. The summed E-state index contributed by atoms with van der Waals surface area (Å²) in [5, 5.41) is 6.10. The number of para-hydroxylation sites is 1. The van der Waals surface area contributed by atoms with E-state index in [1.54, 1.807) is 12.1 Å². The van der Waals surface area contributed by atoms with Gasteiger partial charge in [0.05, 0.1) is 12.2 Å². The predicted molar refractivity (Wildman–Crippen MR) is 94.8 cm³/mol. The Labute approximate surface area is 144 Å². The van der Waals surface area contributed by atoms with Crippen molar-refractivity contribution in [2.75, 3.05) is 11.9 Å². The van der Waals surface area contributed by atoms with Gasteiger partial charge in [-0.15, -0.1) is 0 Å². The lowest BCUT2D eigenvalue weighted by Crippen LogP contribution is -2.33. The normalized spacial score (nSPS) is 12.2. The van der Waals surface area contributed by atoms with Crippen LogP contribution in [0.4, 0.5) is 10.1 Å². The third-order valence-corrected chi connectivity index (χ3v) is 4.22. The number of amides is 1. The zero-order valence-electron chi connectivity index (χ0n) is 13.1. The van der Waals surface area contributed by atoms with Gasteiger partial charge in [0.1, 0.15) is 5.82 Å². The van der Waals surface area contributed by atoms with Crippen LogP contribution in [-0.4, -0.2) is 12.5 Å². The van der Waals surface area contributed by atoms with Crippen LogP contribution in [0.1, 0.15) is 25.5 Å². The average Bonchev–Trinajstić information content (AvgIpc) is 2.51. The van der Waals surface area contributed by atoms with Crippen molar-refractivity contribution in [1.82, 2.24) is 5.32 Å². The molecule has 3 nitrogen and oxygen atoms in total.